The summed E-state index contributed by atoms with van der Waals surface area (Å²) >= 11 is 5.84. The summed E-state index contributed by atoms with van der Waals surface area (Å²) in [5.41, 5.74) is -2.88. The first-order valence-electron chi connectivity index (χ1n) is 13.0. The SMILES string of the molecule is CC(C)[C@]1(C(=O)NCc2cc(C(F)(F)F)cc(C(F)(F)F)c2)CC[C@@H](N2CCC(c3ccc(Cl)nn3)CC2)C1. The Balaban J connectivity index is 1.41. The first-order chi connectivity index (χ1) is 18.2. The highest BCUT2D eigenvalue weighted by Crippen LogP contribution is 2.47. The zero-order valence-electron chi connectivity index (χ0n) is 21.7. The molecule has 2 fully saturated rings. The summed E-state index contributed by atoms with van der Waals surface area (Å²) in [5, 5.41) is 11.1. The largest absolute Gasteiger partial charge is 0.416 e. The maximum absolute atomic E-state index is 13.4. The lowest BCUT2D eigenvalue weighted by Gasteiger charge is -2.38. The molecule has 1 N–H and O–H groups in total. The summed E-state index contributed by atoms with van der Waals surface area (Å²) < 4.78 is 79.4. The van der Waals surface area contributed by atoms with Crippen LogP contribution >= 0.6 is 11.6 Å². The number of hydrogen-bond acceptors (Lipinski definition) is 4. The minimum absolute atomic E-state index is 0.0587. The van der Waals surface area contributed by atoms with Gasteiger partial charge in [0, 0.05) is 18.5 Å². The summed E-state index contributed by atoms with van der Waals surface area (Å²) in [6, 6.07) is 5.19. The Labute approximate surface area is 228 Å². The van der Waals surface area contributed by atoms with Gasteiger partial charge in [-0.3, -0.25) is 4.79 Å². The molecule has 5 nitrogen and oxygen atoms in total. The standard InChI is InChI=1S/C27H31ClF6N4O/c1-16(2)25(24(39)35-15-17-11-19(26(29,30)31)13-20(12-17)27(32,33)34)8-5-21(14-25)38-9-6-18(7-10-38)22-3-4-23(28)37-36-22/h3-4,11-13,16,18,21H,5-10,14-15H2,1-2H3,(H,35,39)/t21-,25+/m1/s1. The molecular weight excluding hydrogens is 546 g/mol. The van der Waals surface area contributed by atoms with Crippen LogP contribution in [0.15, 0.2) is 30.3 Å². The van der Waals surface area contributed by atoms with Gasteiger partial charge in [0.15, 0.2) is 5.15 Å². The van der Waals surface area contributed by atoms with Gasteiger partial charge in [-0.1, -0.05) is 25.4 Å². The minimum Gasteiger partial charge on any atom is -0.352 e. The molecule has 214 valence electrons. The molecule has 0 radical (unpaired) electrons. The maximum Gasteiger partial charge on any atom is 0.416 e. The Kier molecular flexibility index (Phi) is 8.52. The second-order valence-electron chi connectivity index (χ2n) is 10.9. The third-order valence-electron chi connectivity index (χ3n) is 8.30. The number of amides is 1. The fourth-order valence-corrected chi connectivity index (χ4v) is 6.04. The molecule has 1 saturated heterocycles. The van der Waals surface area contributed by atoms with Gasteiger partial charge in [-0.05, 0) is 87.0 Å². The molecule has 1 amide bonds. The lowest BCUT2D eigenvalue weighted by Crippen LogP contribution is -2.45. The molecular formula is C27H31ClF6N4O. The Morgan fingerprint density at radius 1 is 1.03 bits per heavy atom. The molecule has 2 aromatic rings. The van der Waals surface area contributed by atoms with Crippen molar-refractivity contribution < 1.29 is 31.1 Å². The smallest absolute Gasteiger partial charge is 0.352 e. The summed E-state index contributed by atoms with van der Waals surface area (Å²) in [4.78, 5) is 15.8. The molecule has 1 aromatic carbocycles. The van der Waals surface area contributed by atoms with Crippen molar-refractivity contribution >= 4 is 17.5 Å². The van der Waals surface area contributed by atoms with E-state index in [1.54, 1.807) is 6.07 Å². The van der Waals surface area contributed by atoms with Crippen LogP contribution in [-0.4, -0.2) is 40.1 Å². The molecule has 1 aromatic heterocycles. The quantitative estimate of drug-likeness (QED) is 0.382. The topological polar surface area (TPSA) is 58.1 Å². The number of benzene rings is 1. The predicted octanol–water partition coefficient (Wildman–Crippen LogP) is 6.86. The third-order valence-corrected chi connectivity index (χ3v) is 8.50. The van der Waals surface area contributed by atoms with Gasteiger partial charge >= 0.3 is 12.4 Å². The van der Waals surface area contributed by atoms with E-state index in [2.05, 4.69) is 20.4 Å². The van der Waals surface area contributed by atoms with Crippen LogP contribution in [0, 0.1) is 11.3 Å². The zero-order valence-corrected chi connectivity index (χ0v) is 22.4. The van der Waals surface area contributed by atoms with Gasteiger partial charge in [0.1, 0.15) is 0 Å². The Morgan fingerprint density at radius 2 is 1.64 bits per heavy atom. The summed E-state index contributed by atoms with van der Waals surface area (Å²) in [6.45, 7) is 5.11. The Morgan fingerprint density at radius 3 is 2.15 bits per heavy atom. The second-order valence-corrected chi connectivity index (χ2v) is 11.3. The number of carbonyl (C=O) groups excluding carboxylic acids is 1. The molecule has 1 saturated carbocycles. The van der Waals surface area contributed by atoms with E-state index in [-0.39, 0.29) is 35.4 Å². The zero-order chi connectivity index (χ0) is 28.6. The molecule has 4 rings (SSSR count). The van der Waals surface area contributed by atoms with E-state index in [9.17, 15) is 31.1 Å². The van der Waals surface area contributed by atoms with Crippen LogP contribution in [0.1, 0.15) is 74.3 Å². The molecule has 2 heterocycles. The van der Waals surface area contributed by atoms with E-state index in [0.29, 0.717) is 30.1 Å². The summed E-state index contributed by atoms with van der Waals surface area (Å²) in [6.07, 6.45) is -6.12. The normalized spacial score (nSPS) is 23.4. The first-order valence-corrected chi connectivity index (χ1v) is 13.4. The average Bonchev–Trinajstić information content (AvgIpc) is 3.34. The number of halogens is 7. The number of piperidine rings is 1. The molecule has 1 aliphatic heterocycles. The number of nitrogens with one attached hydrogen (secondary N) is 1. The maximum atomic E-state index is 13.4. The molecule has 1 aliphatic carbocycles. The van der Waals surface area contributed by atoms with Crippen molar-refractivity contribution in [2.75, 3.05) is 13.1 Å². The van der Waals surface area contributed by atoms with Gasteiger partial charge in [0.2, 0.25) is 5.91 Å². The number of aromatic nitrogens is 2. The van der Waals surface area contributed by atoms with E-state index < -0.39 is 35.4 Å². The predicted molar refractivity (Wildman–Crippen MR) is 134 cm³/mol. The van der Waals surface area contributed by atoms with Crippen LogP contribution in [-0.2, 0) is 23.7 Å². The molecule has 12 heteroatoms. The second kappa shape index (κ2) is 11.2. The van der Waals surface area contributed by atoms with E-state index in [4.69, 9.17) is 11.6 Å². The van der Waals surface area contributed by atoms with E-state index in [1.807, 2.05) is 19.9 Å². The van der Waals surface area contributed by atoms with Crippen molar-refractivity contribution in [1.29, 1.82) is 0 Å². The van der Waals surface area contributed by atoms with Crippen molar-refractivity contribution in [3.63, 3.8) is 0 Å². The van der Waals surface area contributed by atoms with Crippen molar-refractivity contribution in [3.8, 4) is 0 Å². The molecule has 0 unspecified atom stereocenters. The molecule has 0 spiro atoms. The first kappa shape index (κ1) is 29.6. The van der Waals surface area contributed by atoms with Gasteiger partial charge in [-0.15, -0.1) is 5.10 Å². The molecule has 0 bridgehead atoms. The number of hydrogen-bond donors (Lipinski definition) is 1. The van der Waals surface area contributed by atoms with Crippen LogP contribution in [0.4, 0.5) is 26.3 Å². The monoisotopic (exact) mass is 576 g/mol. The lowest BCUT2D eigenvalue weighted by atomic mass is 9.74. The van der Waals surface area contributed by atoms with E-state index in [0.717, 1.165) is 38.0 Å². The van der Waals surface area contributed by atoms with Crippen molar-refractivity contribution in [3.05, 3.63) is 57.9 Å². The van der Waals surface area contributed by atoms with Gasteiger partial charge in [0.05, 0.1) is 22.2 Å². The van der Waals surface area contributed by atoms with Gasteiger partial charge in [0.25, 0.3) is 0 Å². The summed E-state index contributed by atoms with van der Waals surface area (Å²) in [7, 11) is 0. The third kappa shape index (κ3) is 6.67. The minimum atomic E-state index is -4.94. The average molecular weight is 577 g/mol. The number of nitrogens with zero attached hydrogens (tertiary/aromatic N) is 3. The van der Waals surface area contributed by atoms with Gasteiger partial charge < -0.3 is 10.2 Å². The number of rotatable bonds is 6. The van der Waals surface area contributed by atoms with Crippen LogP contribution in [0.2, 0.25) is 5.15 Å². The number of carbonyl (C=O) groups is 1. The Bertz CT molecular complexity index is 1130. The van der Waals surface area contributed by atoms with Crippen molar-refractivity contribution in [1.82, 2.24) is 20.4 Å². The van der Waals surface area contributed by atoms with Crippen LogP contribution in [0.5, 0.6) is 0 Å². The van der Waals surface area contributed by atoms with Crippen molar-refractivity contribution in [2.45, 2.75) is 76.8 Å². The van der Waals surface area contributed by atoms with Crippen molar-refractivity contribution in [2.24, 2.45) is 11.3 Å². The highest BCUT2D eigenvalue weighted by molar-refractivity contribution is 6.29. The van der Waals surface area contributed by atoms with Gasteiger partial charge in [-0.25, -0.2) is 0 Å². The Hall–Kier alpha value is -2.40. The van der Waals surface area contributed by atoms with Gasteiger partial charge in [-0.2, -0.15) is 31.4 Å². The van der Waals surface area contributed by atoms with Crippen LogP contribution in [0.25, 0.3) is 0 Å². The molecule has 2 atom stereocenters. The number of likely N-dealkylation sites (tertiary alicyclic amines) is 1. The molecule has 39 heavy (non-hydrogen) atoms. The highest BCUT2D eigenvalue weighted by atomic mass is 35.5. The fourth-order valence-electron chi connectivity index (χ4n) is 5.94. The highest BCUT2D eigenvalue weighted by Gasteiger charge is 2.49. The van der Waals surface area contributed by atoms with E-state index >= 15 is 0 Å². The van der Waals surface area contributed by atoms with Crippen LogP contribution in [0.3, 0.4) is 0 Å². The van der Waals surface area contributed by atoms with E-state index in [1.165, 1.54) is 0 Å². The fraction of sp³-hybridized carbons (Fsp3) is 0.593. The number of alkyl halides is 6. The summed E-state index contributed by atoms with van der Waals surface area (Å²) in [5.74, 6) is -0.117. The van der Waals surface area contributed by atoms with Crippen LogP contribution < -0.4 is 5.32 Å². The molecule has 2 aliphatic rings. The lowest BCUT2D eigenvalue weighted by molar-refractivity contribution is -0.143.